The fraction of sp³-hybridized carbons (Fsp3) is 0.381. The minimum Gasteiger partial charge on any atom is -0.379 e. The SMILES string of the molecule is O=C(CNc1ccccc1[N+](=O)[O-])NCC(c1ccc(C(F)(F)F)cc1)N1CCOCC1. The first-order valence-electron chi connectivity index (χ1n) is 9.98. The molecule has 2 aromatic rings. The van der Waals surface area contributed by atoms with Gasteiger partial charge in [-0.05, 0) is 23.8 Å². The van der Waals surface area contributed by atoms with Gasteiger partial charge in [0, 0.05) is 25.7 Å². The summed E-state index contributed by atoms with van der Waals surface area (Å²) in [7, 11) is 0. The van der Waals surface area contributed by atoms with E-state index in [0.717, 1.165) is 12.1 Å². The van der Waals surface area contributed by atoms with Gasteiger partial charge in [0.15, 0.2) is 0 Å². The molecule has 1 atom stereocenters. The highest BCUT2D eigenvalue weighted by molar-refractivity contribution is 5.81. The minimum absolute atomic E-state index is 0.142. The normalized spacial score (nSPS) is 15.7. The van der Waals surface area contributed by atoms with Gasteiger partial charge >= 0.3 is 6.18 Å². The van der Waals surface area contributed by atoms with Gasteiger partial charge in [-0.25, -0.2) is 0 Å². The predicted molar refractivity (Wildman–Crippen MR) is 111 cm³/mol. The van der Waals surface area contributed by atoms with Crippen molar-refractivity contribution in [3.63, 3.8) is 0 Å². The summed E-state index contributed by atoms with van der Waals surface area (Å²) in [6.07, 6.45) is -4.42. The number of nitrogens with one attached hydrogen (secondary N) is 2. The third-order valence-corrected chi connectivity index (χ3v) is 5.14. The molecule has 0 spiro atoms. The Morgan fingerprint density at radius 1 is 1.12 bits per heavy atom. The number of para-hydroxylation sites is 2. The second kappa shape index (κ2) is 10.4. The molecule has 3 rings (SSSR count). The van der Waals surface area contributed by atoms with Gasteiger partial charge in [0.2, 0.25) is 5.91 Å². The van der Waals surface area contributed by atoms with Crippen LogP contribution in [0.3, 0.4) is 0 Å². The van der Waals surface area contributed by atoms with Gasteiger partial charge in [-0.15, -0.1) is 0 Å². The summed E-state index contributed by atoms with van der Waals surface area (Å²) in [5, 5.41) is 16.6. The van der Waals surface area contributed by atoms with Gasteiger partial charge < -0.3 is 15.4 Å². The van der Waals surface area contributed by atoms with Gasteiger partial charge in [-0.1, -0.05) is 24.3 Å². The van der Waals surface area contributed by atoms with E-state index in [1.54, 1.807) is 6.07 Å². The van der Waals surface area contributed by atoms with Crippen molar-refractivity contribution >= 4 is 17.3 Å². The van der Waals surface area contributed by atoms with E-state index in [9.17, 15) is 28.1 Å². The first-order chi connectivity index (χ1) is 15.3. The third kappa shape index (κ3) is 6.17. The fourth-order valence-electron chi connectivity index (χ4n) is 3.47. The molecule has 2 aromatic carbocycles. The lowest BCUT2D eigenvalue weighted by Gasteiger charge is -2.35. The maximum absolute atomic E-state index is 12.9. The number of hydrogen-bond acceptors (Lipinski definition) is 6. The van der Waals surface area contributed by atoms with Crippen LogP contribution in [0, 0.1) is 10.1 Å². The van der Waals surface area contributed by atoms with Gasteiger partial charge in [-0.3, -0.25) is 19.8 Å². The van der Waals surface area contributed by atoms with Crippen molar-refractivity contribution in [2.45, 2.75) is 12.2 Å². The molecular weight excluding hydrogens is 429 g/mol. The number of nitro groups is 1. The summed E-state index contributed by atoms with van der Waals surface area (Å²) in [5.41, 5.74) is -0.0112. The van der Waals surface area contributed by atoms with Crippen molar-refractivity contribution < 1.29 is 27.6 Å². The molecule has 1 saturated heterocycles. The van der Waals surface area contributed by atoms with Crippen molar-refractivity contribution in [3.05, 3.63) is 69.8 Å². The Balaban J connectivity index is 1.65. The average molecular weight is 452 g/mol. The van der Waals surface area contributed by atoms with E-state index in [-0.39, 0.29) is 30.5 Å². The highest BCUT2D eigenvalue weighted by atomic mass is 19.4. The monoisotopic (exact) mass is 452 g/mol. The molecule has 1 heterocycles. The Morgan fingerprint density at radius 2 is 1.78 bits per heavy atom. The van der Waals surface area contributed by atoms with Gasteiger partial charge in [0.25, 0.3) is 5.69 Å². The quantitative estimate of drug-likeness (QED) is 0.472. The lowest BCUT2D eigenvalue weighted by molar-refractivity contribution is -0.383. The zero-order valence-corrected chi connectivity index (χ0v) is 17.1. The molecular formula is C21H23F3N4O4. The standard InChI is InChI=1S/C21H23F3N4O4/c22-21(23,24)16-7-5-15(6-8-16)19(27-9-11-32-12-10-27)13-26-20(29)14-25-17-3-1-2-4-18(17)28(30)31/h1-8,19,25H,9-14H2,(H,26,29). The molecule has 1 aliphatic heterocycles. The summed E-state index contributed by atoms with van der Waals surface area (Å²) >= 11 is 0. The van der Waals surface area contributed by atoms with E-state index in [1.165, 1.54) is 30.3 Å². The Bertz CT molecular complexity index is 931. The Morgan fingerprint density at radius 3 is 2.41 bits per heavy atom. The zero-order valence-electron chi connectivity index (χ0n) is 17.1. The second-order valence-electron chi connectivity index (χ2n) is 7.22. The summed E-state index contributed by atoms with van der Waals surface area (Å²) in [5.74, 6) is -0.395. The second-order valence-corrected chi connectivity index (χ2v) is 7.22. The number of alkyl halides is 3. The average Bonchev–Trinajstić information content (AvgIpc) is 2.78. The van der Waals surface area contributed by atoms with Crippen LogP contribution in [-0.4, -0.2) is 55.1 Å². The van der Waals surface area contributed by atoms with Gasteiger partial charge in [0.05, 0.1) is 36.3 Å². The zero-order chi connectivity index (χ0) is 23.1. The highest BCUT2D eigenvalue weighted by Crippen LogP contribution is 2.31. The molecule has 8 nitrogen and oxygen atoms in total. The first kappa shape index (κ1) is 23.5. The third-order valence-electron chi connectivity index (χ3n) is 5.14. The van der Waals surface area contributed by atoms with Crippen LogP contribution in [0.1, 0.15) is 17.2 Å². The van der Waals surface area contributed by atoms with E-state index in [0.29, 0.717) is 31.9 Å². The molecule has 2 N–H and O–H groups in total. The summed E-state index contributed by atoms with van der Waals surface area (Å²) < 4.78 is 44.0. The molecule has 0 radical (unpaired) electrons. The van der Waals surface area contributed by atoms with E-state index < -0.39 is 22.6 Å². The Labute approximate surface area is 182 Å². The van der Waals surface area contributed by atoms with E-state index >= 15 is 0 Å². The smallest absolute Gasteiger partial charge is 0.379 e. The van der Waals surface area contributed by atoms with Crippen molar-refractivity contribution in [2.24, 2.45) is 0 Å². The van der Waals surface area contributed by atoms with Crippen LogP contribution in [0.15, 0.2) is 48.5 Å². The Kier molecular flexibility index (Phi) is 7.65. The molecule has 0 aromatic heterocycles. The summed E-state index contributed by atoms with van der Waals surface area (Å²) in [4.78, 5) is 24.9. The van der Waals surface area contributed by atoms with Crippen LogP contribution in [0.25, 0.3) is 0 Å². The molecule has 1 unspecified atom stereocenters. The fourth-order valence-corrected chi connectivity index (χ4v) is 3.47. The number of morpholine rings is 1. The number of rotatable bonds is 8. The molecule has 0 saturated carbocycles. The number of nitrogens with zero attached hydrogens (tertiary/aromatic N) is 2. The van der Waals surface area contributed by atoms with Gasteiger partial charge in [0.1, 0.15) is 5.69 Å². The van der Waals surface area contributed by atoms with Gasteiger partial charge in [-0.2, -0.15) is 13.2 Å². The van der Waals surface area contributed by atoms with Crippen molar-refractivity contribution in [1.82, 2.24) is 10.2 Å². The highest BCUT2D eigenvalue weighted by Gasteiger charge is 2.31. The van der Waals surface area contributed by atoms with Crippen LogP contribution >= 0.6 is 0 Å². The number of nitro benzene ring substituents is 1. The number of ether oxygens (including phenoxy) is 1. The van der Waals surface area contributed by atoms with E-state index in [1.807, 2.05) is 4.90 Å². The van der Waals surface area contributed by atoms with Crippen LogP contribution < -0.4 is 10.6 Å². The molecule has 172 valence electrons. The molecule has 32 heavy (non-hydrogen) atoms. The van der Waals surface area contributed by atoms with E-state index in [4.69, 9.17) is 4.74 Å². The van der Waals surface area contributed by atoms with Crippen LogP contribution in [0.4, 0.5) is 24.5 Å². The van der Waals surface area contributed by atoms with Crippen LogP contribution in [0.2, 0.25) is 0 Å². The maximum atomic E-state index is 12.9. The topological polar surface area (TPSA) is 96.7 Å². The minimum atomic E-state index is -4.42. The molecule has 1 amide bonds. The Hall–Kier alpha value is -3.18. The summed E-state index contributed by atoms with van der Waals surface area (Å²) in [6, 6.07) is 10.5. The molecule has 1 fully saturated rings. The van der Waals surface area contributed by atoms with E-state index in [2.05, 4.69) is 10.6 Å². The molecule has 0 bridgehead atoms. The lowest BCUT2D eigenvalue weighted by Crippen LogP contribution is -2.44. The maximum Gasteiger partial charge on any atom is 0.416 e. The number of amides is 1. The number of anilines is 1. The summed E-state index contributed by atoms with van der Waals surface area (Å²) in [6.45, 7) is 2.12. The van der Waals surface area contributed by atoms with Crippen molar-refractivity contribution in [2.75, 3.05) is 44.7 Å². The number of halogens is 3. The van der Waals surface area contributed by atoms with Crippen LogP contribution in [-0.2, 0) is 15.7 Å². The van der Waals surface area contributed by atoms with Crippen molar-refractivity contribution in [1.29, 1.82) is 0 Å². The predicted octanol–water partition coefficient (Wildman–Crippen LogP) is 3.22. The number of carbonyl (C=O) groups is 1. The number of benzene rings is 2. The van der Waals surface area contributed by atoms with Crippen LogP contribution in [0.5, 0.6) is 0 Å². The largest absolute Gasteiger partial charge is 0.416 e. The molecule has 1 aliphatic rings. The number of hydrogen-bond donors (Lipinski definition) is 2. The van der Waals surface area contributed by atoms with Crippen molar-refractivity contribution in [3.8, 4) is 0 Å². The lowest BCUT2D eigenvalue weighted by atomic mass is 10.0. The first-order valence-corrected chi connectivity index (χ1v) is 9.98. The molecule has 11 heteroatoms. The molecule has 0 aliphatic carbocycles. The number of carbonyl (C=O) groups excluding carboxylic acids is 1.